The summed E-state index contributed by atoms with van der Waals surface area (Å²) in [5.41, 5.74) is 7.73. The number of aryl methyl sites for hydroxylation is 1. The van der Waals surface area contributed by atoms with Gasteiger partial charge in [-0.25, -0.2) is 4.39 Å². The summed E-state index contributed by atoms with van der Waals surface area (Å²) in [6.45, 7) is 3.87. The molecule has 20 heavy (non-hydrogen) atoms. The number of nitrogens with two attached hydrogens (primary N) is 1. The molecule has 2 rings (SSSR count). The van der Waals surface area contributed by atoms with Gasteiger partial charge in [-0.2, -0.15) is 0 Å². The summed E-state index contributed by atoms with van der Waals surface area (Å²) in [6.07, 6.45) is 0. The third-order valence-electron chi connectivity index (χ3n) is 3.19. The normalized spacial score (nSPS) is 11.9. The van der Waals surface area contributed by atoms with Crippen LogP contribution in [0, 0.1) is 12.7 Å². The van der Waals surface area contributed by atoms with Crippen LogP contribution in [0.4, 0.5) is 10.1 Å². The van der Waals surface area contributed by atoms with Crippen LogP contribution in [0.25, 0.3) is 0 Å². The molecule has 3 nitrogen and oxygen atoms in total. The highest BCUT2D eigenvalue weighted by Gasteiger charge is 2.15. The lowest BCUT2D eigenvalue weighted by atomic mass is 10.0. The first-order chi connectivity index (χ1) is 9.49. The zero-order chi connectivity index (χ0) is 14.7. The van der Waals surface area contributed by atoms with Crippen molar-refractivity contribution in [2.45, 2.75) is 19.9 Å². The van der Waals surface area contributed by atoms with Crippen LogP contribution in [0.2, 0.25) is 0 Å². The fourth-order valence-corrected chi connectivity index (χ4v) is 2.03. The molecule has 3 N–H and O–H groups in total. The van der Waals surface area contributed by atoms with Crippen LogP contribution in [-0.4, -0.2) is 5.91 Å². The van der Waals surface area contributed by atoms with Crippen LogP contribution in [0.1, 0.15) is 34.5 Å². The molecular weight excluding hydrogens is 255 g/mol. The molecule has 0 aromatic heterocycles. The molecule has 0 bridgehead atoms. The van der Waals surface area contributed by atoms with Gasteiger partial charge in [-0.05, 0) is 31.5 Å². The van der Waals surface area contributed by atoms with Gasteiger partial charge >= 0.3 is 0 Å². The van der Waals surface area contributed by atoms with E-state index in [0.717, 1.165) is 11.1 Å². The average Bonchev–Trinajstić information content (AvgIpc) is 2.41. The smallest absolute Gasteiger partial charge is 0.253 e. The number of nitrogen functional groups attached to an aromatic ring is 1. The van der Waals surface area contributed by atoms with Gasteiger partial charge in [0.05, 0.1) is 17.3 Å². The van der Waals surface area contributed by atoms with Crippen molar-refractivity contribution in [2.24, 2.45) is 0 Å². The maximum Gasteiger partial charge on any atom is 0.253 e. The zero-order valence-corrected chi connectivity index (χ0v) is 11.5. The van der Waals surface area contributed by atoms with Gasteiger partial charge in [0, 0.05) is 0 Å². The van der Waals surface area contributed by atoms with Crippen molar-refractivity contribution < 1.29 is 9.18 Å². The van der Waals surface area contributed by atoms with E-state index in [1.165, 1.54) is 18.2 Å². The van der Waals surface area contributed by atoms with Crippen molar-refractivity contribution in [1.82, 2.24) is 5.32 Å². The molecule has 0 saturated heterocycles. The Bertz CT molecular complexity index is 640. The van der Waals surface area contributed by atoms with Gasteiger partial charge in [0.2, 0.25) is 0 Å². The summed E-state index contributed by atoms with van der Waals surface area (Å²) < 4.78 is 13.3. The first kappa shape index (κ1) is 14.1. The number of hydrogen-bond acceptors (Lipinski definition) is 2. The molecular formula is C16H17FN2O. The van der Waals surface area contributed by atoms with Gasteiger partial charge in [0.25, 0.3) is 5.91 Å². The van der Waals surface area contributed by atoms with E-state index < -0.39 is 5.82 Å². The summed E-state index contributed by atoms with van der Waals surface area (Å²) in [6, 6.07) is 11.9. The predicted octanol–water partition coefficient (Wildman–Crippen LogP) is 3.21. The minimum absolute atomic E-state index is 0.124. The molecule has 0 spiro atoms. The van der Waals surface area contributed by atoms with Crippen LogP contribution < -0.4 is 11.1 Å². The van der Waals surface area contributed by atoms with E-state index in [1.807, 2.05) is 38.1 Å². The molecule has 0 radical (unpaired) electrons. The SMILES string of the molecule is Cc1cccc([C@@H](C)NC(=O)c2cccc(F)c2N)c1. The van der Waals surface area contributed by atoms with E-state index in [4.69, 9.17) is 5.73 Å². The van der Waals surface area contributed by atoms with E-state index >= 15 is 0 Å². The summed E-state index contributed by atoms with van der Waals surface area (Å²) in [5, 5.41) is 2.82. The van der Waals surface area contributed by atoms with Crippen LogP contribution in [0.3, 0.4) is 0 Å². The molecule has 0 unspecified atom stereocenters. The van der Waals surface area contributed by atoms with Crippen molar-refractivity contribution in [1.29, 1.82) is 0 Å². The fourth-order valence-electron chi connectivity index (χ4n) is 2.03. The van der Waals surface area contributed by atoms with Crippen molar-refractivity contribution in [3.8, 4) is 0 Å². The molecule has 4 heteroatoms. The van der Waals surface area contributed by atoms with Gasteiger partial charge < -0.3 is 11.1 Å². The Morgan fingerprint density at radius 2 is 1.95 bits per heavy atom. The molecule has 0 aliphatic heterocycles. The molecule has 104 valence electrons. The number of carbonyl (C=O) groups excluding carboxylic acids is 1. The molecule has 0 fully saturated rings. The number of anilines is 1. The number of para-hydroxylation sites is 1. The van der Waals surface area contributed by atoms with Crippen molar-refractivity contribution in [3.63, 3.8) is 0 Å². The van der Waals surface area contributed by atoms with Crippen LogP contribution in [-0.2, 0) is 0 Å². The van der Waals surface area contributed by atoms with E-state index in [-0.39, 0.29) is 23.2 Å². The van der Waals surface area contributed by atoms with Crippen LogP contribution in [0.5, 0.6) is 0 Å². The number of carbonyl (C=O) groups is 1. The lowest BCUT2D eigenvalue weighted by molar-refractivity contribution is 0.0940. The fraction of sp³-hybridized carbons (Fsp3) is 0.188. The molecule has 0 saturated carbocycles. The Hall–Kier alpha value is -2.36. The molecule has 0 aliphatic carbocycles. The molecule has 1 atom stereocenters. The Morgan fingerprint density at radius 3 is 2.65 bits per heavy atom. The monoisotopic (exact) mass is 272 g/mol. The molecule has 2 aromatic rings. The van der Waals surface area contributed by atoms with E-state index in [0.29, 0.717) is 0 Å². The minimum atomic E-state index is -0.583. The van der Waals surface area contributed by atoms with Crippen molar-refractivity contribution in [2.75, 3.05) is 5.73 Å². The standard InChI is InChI=1S/C16H17FN2O/c1-10-5-3-6-12(9-10)11(2)19-16(20)13-7-4-8-14(17)15(13)18/h3-9,11H,18H2,1-2H3,(H,19,20)/t11-/m1/s1. The molecule has 0 heterocycles. The number of rotatable bonds is 3. The highest BCUT2D eigenvalue weighted by molar-refractivity contribution is 5.99. The highest BCUT2D eigenvalue weighted by atomic mass is 19.1. The quantitative estimate of drug-likeness (QED) is 0.843. The first-order valence-corrected chi connectivity index (χ1v) is 6.40. The number of hydrogen-bond donors (Lipinski definition) is 2. The largest absolute Gasteiger partial charge is 0.396 e. The number of benzene rings is 2. The minimum Gasteiger partial charge on any atom is -0.396 e. The average molecular weight is 272 g/mol. The second-order valence-corrected chi connectivity index (χ2v) is 4.81. The number of nitrogens with one attached hydrogen (secondary N) is 1. The number of amides is 1. The van der Waals surface area contributed by atoms with Gasteiger partial charge in [-0.3, -0.25) is 4.79 Å². The van der Waals surface area contributed by atoms with Crippen LogP contribution in [0.15, 0.2) is 42.5 Å². The Morgan fingerprint density at radius 1 is 1.25 bits per heavy atom. The van der Waals surface area contributed by atoms with Crippen molar-refractivity contribution in [3.05, 3.63) is 65.0 Å². The lowest BCUT2D eigenvalue weighted by Crippen LogP contribution is -2.27. The van der Waals surface area contributed by atoms with Crippen LogP contribution >= 0.6 is 0 Å². The Labute approximate surface area is 117 Å². The van der Waals surface area contributed by atoms with E-state index in [9.17, 15) is 9.18 Å². The lowest BCUT2D eigenvalue weighted by Gasteiger charge is -2.16. The highest BCUT2D eigenvalue weighted by Crippen LogP contribution is 2.18. The maximum atomic E-state index is 13.3. The second-order valence-electron chi connectivity index (χ2n) is 4.81. The molecule has 2 aromatic carbocycles. The molecule has 1 amide bonds. The third-order valence-corrected chi connectivity index (χ3v) is 3.19. The Kier molecular flexibility index (Phi) is 4.03. The topological polar surface area (TPSA) is 55.1 Å². The van der Waals surface area contributed by atoms with Gasteiger partial charge in [0.15, 0.2) is 0 Å². The van der Waals surface area contributed by atoms with Gasteiger partial charge in [0.1, 0.15) is 5.82 Å². The number of halogens is 1. The Balaban J connectivity index is 2.17. The summed E-state index contributed by atoms with van der Waals surface area (Å²) in [4.78, 5) is 12.1. The maximum absolute atomic E-state index is 13.3. The summed E-state index contributed by atoms with van der Waals surface area (Å²) >= 11 is 0. The predicted molar refractivity (Wildman–Crippen MR) is 77.9 cm³/mol. The third kappa shape index (κ3) is 2.96. The van der Waals surface area contributed by atoms with Crippen molar-refractivity contribution >= 4 is 11.6 Å². The van der Waals surface area contributed by atoms with Gasteiger partial charge in [-0.15, -0.1) is 0 Å². The summed E-state index contributed by atoms with van der Waals surface area (Å²) in [7, 11) is 0. The zero-order valence-electron chi connectivity index (χ0n) is 11.5. The first-order valence-electron chi connectivity index (χ1n) is 6.40. The van der Waals surface area contributed by atoms with E-state index in [1.54, 1.807) is 0 Å². The van der Waals surface area contributed by atoms with E-state index in [2.05, 4.69) is 5.32 Å². The second kappa shape index (κ2) is 5.74. The van der Waals surface area contributed by atoms with Gasteiger partial charge in [-0.1, -0.05) is 35.9 Å². The molecule has 0 aliphatic rings. The summed E-state index contributed by atoms with van der Waals surface area (Å²) in [5.74, 6) is -0.961.